The molecular weight excluding hydrogens is 313 g/mol. The van der Waals surface area contributed by atoms with Gasteiger partial charge in [-0.2, -0.15) is 5.26 Å². The maximum Gasteiger partial charge on any atom is 0.152 e. The molecular formula is C14H9BrFNS. The lowest BCUT2D eigenvalue weighted by molar-refractivity contribution is 0.594. The number of hydrogen-bond acceptors (Lipinski definition) is 2. The van der Waals surface area contributed by atoms with Crippen molar-refractivity contribution >= 4 is 27.7 Å². The van der Waals surface area contributed by atoms with E-state index < -0.39 is 0 Å². The molecule has 0 radical (unpaired) electrons. The van der Waals surface area contributed by atoms with Gasteiger partial charge in [0.1, 0.15) is 6.07 Å². The minimum atomic E-state index is -0.389. The summed E-state index contributed by atoms with van der Waals surface area (Å²) < 4.78 is 14.2. The summed E-state index contributed by atoms with van der Waals surface area (Å²) in [6.07, 6.45) is 0. The van der Waals surface area contributed by atoms with Gasteiger partial charge >= 0.3 is 0 Å². The molecule has 0 amide bonds. The fourth-order valence-electron chi connectivity index (χ4n) is 1.43. The zero-order valence-electron chi connectivity index (χ0n) is 9.58. The molecule has 0 saturated heterocycles. The van der Waals surface area contributed by atoms with Gasteiger partial charge in [-0.05, 0) is 47.1 Å². The van der Waals surface area contributed by atoms with E-state index in [1.54, 1.807) is 12.1 Å². The highest BCUT2D eigenvalue weighted by Crippen LogP contribution is 2.34. The van der Waals surface area contributed by atoms with Crippen molar-refractivity contribution in [1.82, 2.24) is 0 Å². The van der Waals surface area contributed by atoms with Crippen LogP contribution in [0.2, 0.25) is 0 Å². The smallest absolute Gasteiger partial charge is 0.152 e. The van der Waals surface area contributed by atoms with Gasteiger partial charge in [0.2, 0.25) is 0 Å². The second-order valence-electron chi connectivity index (χ2n) is 3.77. The lowest BCUT2D eigenvalue weighted by atomic mass is 10.2. The van der Waals surface area contributed by atoms with Crippen molar-refractivity contribution in [3.8, 4) is 6.07 Å². The molecule has 18 heavy (non-hydrogen) atoms. The monoisotopic (exact) mass is 321 g/mol. The highest BCUT2D eigenvalue weighted by atomic mass is 79.9. The van der Waals surface area contributed by atoms with Crippen molar-refractivity contribution < 1.29 is 4.39 Å². The van der Waals surface area contributed by atoms with E-state index in [0.717, 1.165) is 4.90 Å². The molecule has 0 spiro atoms. The van der Waals surface area contributed by atoms with E-state index >= 15 is 0 Å². The van der Waals surface area contributed by atoms with Crippen LogP contribution >= 0.6 is 27.7 Å². The molecule has 2 rings (SSSR count). The van der Waals surface area contributed by atoms with Crippen molar-refractivity contribution in [1.29, 1.82) is 5.26 Å². The molecule has 0 atom stereocenters. The minimum absolute atomic E-state index is 0.224. The summed E-state index contributed by atoms with van der Waals surface area (Å²) in [6.45, 7) is 2.01. The third-order valence-electron chi connectivity index (χ3n) is 2.42. The molecule has 0 saturated carbocycles. The van der Waals surface area contributed by atoms with Crippen LogP contribution in [-0.2, 0) is 0 Å². The molecule has 0 heterocycles. The van der Waals surface area contributed by atoms with Gasteiger partial charge in [-0.3, -0.25) is 0 Å². The van der Waals surface area contributed by atoms with Crippen molar-refractivity contribution in [3.05, 3.63) is 57.8 Å². The van der Waals surface area contributed by atoms with Gasteiger partial charge in [0.15, 0.2) is 5.82 Å². The summed E-state index contributed by atoms with van der Waals surface area (Å²) in [6, 6.07) is 13.1. The molecule has 0 unspecified atom stereocenters. The normalized spacial score (nSPS) is 10.1. The zero-order chi connectivity index (χ0) is 13.1. The Bertz CT molecular complexity index is 617. The standard InChI is InChI=1S/C14H9BrFNS/c1-9-2-5-11(6-3-9)18-12-7-4-10(8-17)13(15)14(12)16/h2-7H,1H3. The average molecular weight is 322 g/mol. The van der Waals surface area contributed by atoms with Gasteiger partial charge in [-0.1, -0.05) is 29.5 Å². The van der Waals surface area contributed by atoms with Gasteiger partial charge in [0, 0.05) is 9.79 Å². The van der Waals surface area contributed by atoms with Crippen LogP contribution in [0.1, 0.15) is 11.1 Å². The van der Waals surface area contributed by atoms with Crippen molar-refractivity contribution in [2.75, 3.05) is 0 Å². The van der Waals surface area contributed by atoms with Crippen LogP contribution in [0.4, 0.5) is 4.39 Å². The maximum atomic E-state index is 14.0. The topological polar surface area (TPSA) is 23.8 Å². The summed E-state index contributed by atoms with van der Waals surface area (Å²) in [7, 11) is 0. The van der Waals surface area contributed by atoms with E-state index in [4.69, 9.17) is 5.26 Å². The molecule has 0 aromatic heterocycles. The summed E-state index contributed by atoms with van der Waals surface area (Å²) in [5.74, 6) is -0.389. The molecule has 0 bridgehead atoms. The van der Waals surface area contributed by atoms with Crippen LogP contribution in [-0.4, -0.2) is 0 Å². The predicted octanol–water partition coefficient (Wildman–Crippen LogP) is 4.92. The van der Waals surface area contributed by atoms with Crippen LogP contribution in [0.15, 0.2) is 50.7 Å². The fraction of sp³-hybridized carbons (Fsp3) is 0.0714. The number of hydrogen-bond donors (Lipinski definition) is 0. The number of halogens is 2. The quantitative estimate of drug-likeness (QED) is 0.783. The van der Waals surface area contributed by atoms with Gasteiger partial charge in [0.05, 0.1) is 10.0 Å². The summed E-state index contributed by atoms with van der Waals surface area (Å²) in [5, 5.41) is 8.80. The Morgan fingerprint density at radius 3 is 2.44 bits per heavy atom. The van der Waals surface area contributed by atoms with E-state index in [1.807, 2.05) is 37.3 Å². The molecule has 2 aromatic carbocycles. The molecule has 0 aliphatic carbocycles. The SMILES string of the molecule is Cc1ccc(Sc2ccc(C#N)c(Br)c2F)cc1. The summed E-state index contributed by atoms with van der Waals surface area (Å²) in [5.41, 5.74) is 1.47. The van der Waals surface area contributed by atoms with Crippen LogP contribution in [0.25, 0.3) is 0 Å². The number of benzene rings is 2. The van der Waals surface area contributed by atoms with Gasteiger partial charge < -0.3 is 0 Å². The van der Waals surface area contributed by atoms with Crippen LogP contribution in [0, 0.1) is 24.1 Å². The van der Waals surface area contributed by atoms with Crippen LogP contribution in [0.3, 0.4) is 0 Å². The molecule has 2 aromatic rings. The highest BCUT2D eigenvalue weighted by Gasteiger charge is 2.11. The highest BCUT2D eigenvalue weighted by molar-refractivity contribution is 9.10. The first-order valence-electron chi connectivity index (χ1n) is 5.24. The van der Waals surface area contributed by atoms with Gasteiger partial charge in [-0.15, -0.1) is 0 Å². The largest absolute Gasteiger partial charge is 0.204 e. The molecule has 0 N–H and O–H groups in total. The minimum Gasteiger partial charge on any atom is -0.204 e. The molecule has 0 fully saturated rings. The molecule has 1 nitrogen and oxygen atoms in total. The number of nitrogens with zero attached hydrogens (tertiary/aromatic N) is 1. The van der Waals surface area contributed by atoms with Crippen molar-refractivity contribution in [3.63, 3.8) is 0 Å². The van der Waals surface area contributed by atoms with E-state index in [0.29, 0.717) is 10.5 Å². The lowest BCUT2D eigenvalue weighted by Crippen LogP contribution is -1.87. The summed E-state index contributed by atoms with van der Waals surface area (Å²) >= 11 is 4.45. The second kappa shape index (κ2) is 5.55. The third-order valence-corrected chi connectivity index (χ3v) is 4.23. The van der Waals surface area contributed by atoms with E-state index in [-0.39, 0.29) is 10.3 Å². The second-order valence-corrected chi connectivity index (χ2v) is 5.67. The Labute approximate surface area is 118 Å². The predicted molar refractivity (Wildman–Crippen MR) is 74.1 cm³/mol. The number of aryl methyl sites for hydroxylation is 1. The fourth-order valence-corrected chi connectivity index (χ4v) is 2.85. The Balaban J connectivity index is 2.33. The third kappa shape index (κ3) is 2.74. The Morgan fingerprint density at radius 2 is 1.83 bits per heavy atom. The molecule has 4 heteroatoms. The van der Waals surface area contributed by atoms with E-state index in [9.17, 15) is 4.39 Å². The van der Waals surface area contributed by atoms with Crippen LogP contribution < -0.4 is 0 Å². The first kappa shape index (κ1) is 13.1. The van der Waals surface area contributed by atoms with E-state index in [2.05, 4.69) is 15.9 Å². The lowest BCUT2D eigenvalue weighted by Gasteiger charge is -2.06. The first-order valence-corrected chi connectivity index (χ1v) is 6.85. The van der Waals surface area contributed by atoms with Gasteiger partial charge in [-0.25, -0.2) is 4.39 Å². The first-order chi connectivity index (χ1) is 8.61. The zero-order valence-corrected chi connectivity index (χ0v) is 12.0. The van der Waals surface area contributed by atoms with Crippen molar-refractivity contribution in [2.45, 2.75) is 16.7 Å². The summed E-state index contributed by atoms with van der Waals surface area (Å²) in [4.78, 5) is 1.47. The molecule has 0 aliphatic rings. The van der Waals surface area contributed by atoms with E-state index in [1.165, 1.54) is 17.3 Å². The Hall–Kier alpha value is -1.31. The molecule has 90 valence electrons. The number of rotatable bonds is 2. The van der Waals surface area contributed by atoms with Crippen molar-refractivity contribution in [2.24, 2.45) is 0 Å². The molecule has 0 aliphatic heterocycles. The van der Waals surface area contributed by atoms with Crippen LogP contribution in [0.5, 0.6) is 0 Å². The Kier molecular flexibility index (Phi) is 4.05. The average Bonchev–Trinajstić information content (AvgIpc) is 2.38. The maximum absolute atomic E-state index is 14.0. The van der Waals surface area contributed by atoms with Gasteiger partial charge in [0.25, 0.3) is 0 Å². The number of nitriles is 1. The Morgan fingerprint density at radius 1 is 1.17 bits per heavy atom.